The van der Waals surface area contributed by atoms with Gasteiger partial charge in [-0.15, -0.1) is 11.8 Å². The summed E-state index contributed by atoms with van der Waals surface area (Å²) in [5, 5.41) is 0.745. The number of amides is 2. The molecule has 0 saturated carbocycles. The lowest BCUT2D eigenvalue weighted by Crippen LogP contribution is -2.48. The standard InChI is InChI=1S/C22H25N3O3S/c1-16-5-7-17(8-6-16)14-25-15-22(28-21(25)27)9-12-24(13-10-22)20(26)18-4-3-11-23-19(18)29-2/h3-8,11H,9-10,12-15H2,1-2H3. The molecular formula is C22H25N3O3S. The van der Waals surface area contributed by atoms with Crippen LogP contribution in [0.25, 0.3) is 0 Å². The summed E-state index contributed by atoms with van der Waals surface area (Å²) in [7, 11) is 0. The van der Waals surface area contributed by atoms with Crippen LogP contribution >= 0.6 is 11.8 Å². The molecule has 0 radical (unpaired) electrons. The van der Waals surface area contributed by atoms with E-state index in [0.29, 0.717) is 44.6 Å². The van der Waals surface area contributed by atoms with Gasteiger partial charge in [-0.1, -0.05) is 29.8 Å². The molecule has 2 fully saturated rings. The molecule has 4 rings (SSSR count). The fourth-order valence-electron chi connectivity index (χ4n) is 3.99. The van der Waals surface area contributed by atoms with E-state index in [1.165, 1.54) is 17.3 Å². The van der Waals surface area contributed by atoms with Gasteiger partial charge in [0.05, 0.1) is 12.1 Å². The van der Waals surface area contributed by atoms with Gasteiger partial charge >= 0.3 is 6.09 Å². The van der Waals surface area contributed by atoms with E-state index >= 15 is 0 Å². The number of pyridine rings is 1. The lowest BCUT2D eigenvalue weighted by Gasteiger charge is -2.37. The molecule has 0 bridgehead atoms. The Morgan fingerprint density at radius 3 is 2.62 bits per heavy atom. The summed E-state index contributed by atoms with van der Waals surface area (Å²) >= 11 is 1.47. The summed E-state index contributed by atoms with van der Waals surface area (Å²) in [5.41, 5.74) is 2.44. The van der Waals surface area contributed by atoms with Gasteiger partial charge in [-0.3, -0.25) is 9.69 Å². The average Bonchev–Trinajstić information content (AvgIpc) is 3.04. The number of carbonyl (C=O) groups excluding carboxylic acids is 2. The summed E-state index contributed by atoms with van der Waals surface area (Å²) in [4.78, 5) is 33.3. The molecule has 2 aliphatic rings. The molecule has 2 aliphatic heterocycles. The van der Waals surface area contributed by atoms with Crippen molar-refractivity contribution in [3.05, 3.63) is 59.3 Å². The first-order valence-corrected chi connectivity index (χ1v) is 11.0. The lowest BCUT2D eigenvalue weighted by molar-refractivity contribution is 0.00301. The van der Waals surface area contributed by atoms with Crippen LogP contribution in [-0.2, 0) is 11.3 Å². The van der Waals surface area contributed by atoms with Gasteiger partial charge < -0.3 is 9.64 Å². The summed E-state index contributed by atoms with van der Waals surface area (Å²) < 4.78 is 5.81. The molecule has 0 aliphatic carbocycles. The molecule has 152 valence electrons. The van der Waals surface area contributed by atoms with Crippen LogP contribution in [0.1, 0.15) is 34.3 Å². The lowest BCUT2D eigenvalue weighted by atomic mass is 9.91. The number of likely N-dealkylation sites (tertiary alicyclic amines) is 1. The van der Waals surface area contributed by atoms with E-state index in [0.717, 1.165) is 10.6 Å². The Kier molecular flexibility index (Phi) is 5.50. The van der Waals surface area contributed by atoms with E-state index in [4.69, 9.17) is 4.74 Å². The third kappa shape index (κ3) is 4.10. The van der Waals surface area contributed by atoms with Crippen LogP contribution in [0.3, 0.4) is 0 Å². The van der Waals surface area contributed by atoms with Gasteiger partial charge in [-0.05, 0) is 30.9 Å². The van der Waals surface area contributed by atoms with E-state index in [1.54, 1.807) is 17.2 Å². The van der Waals surface area contributed by atoms with Crippen molar-refractivity contribution in [1.29, 1.82) is 0 Å². The summed E-state index contributed by atoms with van der Waals surface area (Å²) in [5.74, 6) is -0.00173. The molecule has 1 aromatic heterocycles. The van der Waals surface area contributed by atoms with Crippen molar-refractivity contribution < 1.29 is 14.3 Å². The number of hydrogen-bond acceptors (Lipinski definition) is 5. The second-order valence-corrected chi connectivity index (χ2v) is 8.54. The molecule has 7 heteroatoms. The van der Waals surface area contributed by atoms with Crippen molar-refractivity contribution >= 4 is 23.8 Å². The summed E-state index contributed by atoms with van der Waals surface area (Å²) in [6, 6.07) is 11.8. The first kappa shape index (κ1) is 19.8. The number of nitrogens with zero attached hydrogens (tertiary/aromatic N) is 3. The Bertz CT molecular complexity index is 908. The first-order valence-electron chi connectivity index (χ1n) is 9.81. The number of benzene rings is 1. The molecule has 2 saturated heterocycles. The van der Waals surface area contributed by atoms with Crippen molar-refractivity contribution in [3.63, 3.8) is 0 Å². The molecule has 1 spiro atoms. The summed E-state index contributed by atoms with van der Waals surface area (Å²) in [6.45, 7) is 4.33. The van der Waals surface area contributed by atoms with Crippen molar-refractivity contribution in [2.24, 2.45) is 0 Å². The Hall–Kier alpha value is -2.54. The number of ether oxygens (including phenoxy) is 1. The monoisotopic (exact) mass is 411 g/mol. The van der Waals surface area contributed by atoms with E-state index in [2.05, 4.69) is 17.1 Å². The minimum atomic E-state index is -0.490. The van der Waals surface area contributed by atoms with Gasteiger partial charge in [-0.25, -0.2) is 9.78 Å². The number of piperidine rings is 1. The minimum absolute atomic E-state index is 0.00173. The van der Waals surface area contributed by atoms with E-state index < -0.39 is 5.60 Å². The number of thioether (sulfide) groups is 1. The van der Waals surface area contributed by atoms with Crippen LogP contribution in [0.4, 0.5) is 4.79 Å². The van der Waals surface area contributed by atoms with Gasteiger partial charge in [0.25, 0.3) is 5.91 Å². The zero-order valence-electron chi connectivity index (χ0n) is 16.8. The molecule has 2 aromatic rings. The van der Waals surface area contributed by atoms with Crippen LogP contribution in [0.5, 0.6) is 0 Å². The van der Waals surface area contributed by atoms with Gasteiger partial charge in [0.15, 0.2) is 0 Å². The molecule has 0 unspecified atom stereocenters. The largest absolute Gasteiger partial charge is 0.441 e. The number of aromatic nitrogens is 1. The maximum atomic E-state index is 12.9. The van der Waals surface area contributed by atoms with Crippen LogP contribution in [0, 0.1) is 6.92 Å². The Morgan fingerprint density at radius 1 is 1.21 bits per heavy atom. The van der Waals surface area contributed by atoms with Crippen molar-refractivity contribution in [3.8, 4) is 0 Å². The molecule has 0 N–H and O–H groups in total. The third-order valence-corrected chi connectivity index (χ3v) is 6.40. The smallest absolute Gasteiger partial charge is 0.410 e. The van der Waals surface area contributed by atoms with E-state index in [9.17, 15) is 9.59 Å². The molecular weight excluding hydrogens is 386 g/mol. The number of rotatable bonds is 4. The molecule has 2 amide bonds. The molecule has 1 aromatic carbocycles. The third-order valence-electron chi connectivity index (χ3n) is 5.69. The second-order valence-electron chi connectivity index (χ2n) is 7.75. The van der Waals surface area contributed by atoms with Crippen LogP contribution in [0.15, 0.2) is 47.6 Å². The van der Waals surface area contributed by atoms with Gasteiger partial charge in [0.2, 0.25) is 0 Å². The highest BCUT2D eigenvalue weighted by molar-refractivity contribution is 7.98. The van der Waals surface area contributed by atoms with Crippen LogP contribution in [-0.4, -0.2) is 58.3 Å². The fourth-order valence-corrected chi connectivity index (χ4v) is 4.53. The first-order chi connectivity index (χ1) is 14.0. The number of carbonyl (C=O) groups is 2. The maximum absolute atomic E-state index is 12.9. The van der Waals surface area contributed by atoms with Gasteiger partial charge in [-0.2, -0.15) is 0 Å². The topological polar surface area (TPSA) is 62.7 Å². The Labute approximate surface area is 175 Å². The van der Waals surface area contributed by atoms with Gasteiger partial charge in [0, 0.05) is 38.7 Å². The molecule has 6 nitrogen and oxygen atoms in total. The van der Waals surface area contributed by atoms with Crippen LogP contribution in [0.2, 0.25) is 0 Å². The normalized spacial score (nSPS) is 18.2. The zero-order valence-corrected chi connectivity index (χ0v) is 17.6. The highest BCUT2D eigenvalue weighted by Gasteiger charge is 2.47. The highest BCUT2D eigenvalue weighted by atomic mass is 32.2. The van der Waals surface area contributed by atoms with E-state index in [1.807, 2.05) is 36.3 Å². The van der Waals surface area contributed by atoms with Crippen molar-refractivity contribution in [1.82, 2.24) is 14.8 Å². The fraction of sp³-hybridized carbons (Fsp3) is 0.409. The van der Waals surface area contributed by atoms with Gasteiger partial charge in [0.1, 0.15) is 10.6 Å². The van der Waals surface area contributed by atoms with Crippen molar-refractivity contribution in [2.45, 2.75) is 36.9 Å². The molecule has 3 heterocycles. The zero-order chi connectivity index (χ0) is 20.4. The Morgan fingerprint density at radius 2 is 1.93 bits per heavy atom. The minimum Gasteiger partial charge on any atom is -0.441 e. The second kappa shape index (κ2) is 8.06. The highest BCUT2D eigenvalue weighted by Crippen LogP contribution is 2.34. The number of hydrogen-bond donors (Lipinski definition) is 0. The maximum Gasteiger partial charge on any atom is 0.410 e. The average molecular weight is 412 g/mol. The predicted octanol–water partition coefficient (Wildman–Crippen LogP) is 3.74. The summed E-state index contributed by atoms with van der Waals surface area (Å²) in [6.07, 6.45) is 4.68. The molecule has 29 heavy (non-hydrogen) atoms. The Balaban J connectivity index is 1.39. The predicted molar refractivity (Wildman–Crippen MR) is 112 cm³/mol. The number of aryl methyl sites for hydroxylation is 1. The quantitative estimate of drug-likeness (QED) is 0.717. The SMILES string of the molecule is CSc1ncccc1C(=O)N1CCC2(CC1)CN(Cc1ccc(C)cc1)C(=O)O2. The van der Waals surface area contributed by atoms with Crippen molar-refractivity contribution in [2.75, 3.05) is 25.9 Å². The van der Waals surface area contributed by atoms with Crippen LogP contribution < -0.4 is 0 Å². The van der Waals surface area contributed by atoms with E-state index in [-0.39, 0.29) is 12.0 Å². The molecule has 0 atom stereocenters.